The fourth-order valence-electron chi connectivity index (χ4n) is 2.59. The Labute approximate surface area is 146 Å². The smallest absolute Gasteiger partial charge is 0.257 e. The molecular formula is C18H20N4O3. The first-order valence-corrected chi connectivity index (χ1v) is 8.08. The Morgan fingerprint density at radius 1 is 1.04 bits per heavy atom. The highest BCUT2D eigenvalue weighted by atomic mass is 16.5. The average molecular weight is 340 g/mol. The second-order valence-electron chi connectivity index (χ2n) is 5.74. The van der Waals surface area contributed by atoms with Crippen LogP contribution in [0.15, 0.2) is 42.7 Å². The maximum atomic E-state index is 12.4. The van der Waals surface area contributed by atoms with Crippen molar-refractivity contribution in [1.29, 1.82) is 0 Å². The fourth-order valence-corrected chi connectivity index (χ4v) is 2.59. The Bertz CT molecular complexity index is 755. The topological polar surface area (TPSA) is 83.6 Å². The molecule has 1 fully saturated rings. The standard InChI is InChI=1S/C18H20N4O3/c1-13(23)20-15-2-4-16(5-3-15)21-18(24)14-10-17(12-19-11-14)22-6-8-25-9-7-22/h2-5,10-12H,6-9H2,1H3,(H,20,23)(H,21,24). The van der Waals surface area contributed by atoms with Crippen molar-refractivity contribution in [2.45, 2.75) is 6.92 Å². The van der Waals surface area contributed by atoms with E-state index in [0.717, 1.165) is 18.8 Å². The number of nitrogens with zero attached hydrogens (tertiary/aromatic N) is 2. The number of hydrogen-bond donors (Lipinski definition) is 2. The maximum Gasteiger partial charge on any atom is 0.257 e. The van der Waals surface area contributed by atoms with Crippen molar-refractivity contribution in [3.8, 4) is 0 Å². The fraction of sp³-hybridized carbons (Fsp3) is 0.278. The number of ether oxygens (including phenoxy) is 1. The van der Waals surface area contributed by atoms with E-state index in [9.17, 15) is 9.59 Å². The molecule has 7 nitrogen and oxygen atoms in total. The zero-order valence-electron chi connectivity index (χ0n) is 14.0. The van der Waals surface area contributed by atoms with Crippen LogP contribution in [0.2, 0.25) is 0 Å². The summed E-state index contributed by atoms with van der Waals surface area (Å²) in [4.78, 5) is 29.8. The van der Waals surface area contributed by atoms with Crippen LogP contribution in [0.3, 0.4) is 0 Å². The van der Waals surface area contributed by atoms with Crippen LogP contribution in [0.4, 0.5) is 17.1 Å². The van der Waals surface area contributed by atoms with Gasteiger partial charge in [-0.15, -0.1) is 0 Å². The summed E-state index contributed by atoms with van der Waals surface area (Å²) in [6, 6.07) is 8.78. The lowest BCUT2D eigenvalue weighted by molar-refractivity contribution is -0.114. The van der Waals surface area contributed by atoms with Crippen molar-refractivity contribution in [3.05, 3.63) is 48.3 Å². The largest absolute Gasteiger partial charge is 0.378 e. The summed E-state index contributed by atoms with van der Waals surface area (Å²) >= 11 is 0. The van der Waals surface area contributed by atoms with Crippen molar-refractivity contribution in [1.82, 2.24) is 4.98 Å². The molecule has 2 aromatic rings. The van der Waals surface area contributed by atoms with Gasteiger partial charge in [-0.05, 0) is 30.3 Å². The van der Waals surface area contributed by atoms with E-state index in [0.29, 0.717) is 30.2 Å². The molecular weight excluding hydrogens is 320 g/mol. The summed E-state index contributed by atoms with van der Waals surface area (Å²) in [6.07, 6.45) is 3.30. The molecule has 2 heterocycles. The van der Waals surface area contributed by atoms with Gasteiger partial charge in [0, 0.05) is 37.6 Å². The molecule has 1 saturated heterocycles. The number of aromatic nitrogens is 1. The Kier molecular flexibility index (Phi) is 5.25. The Hall–Kier alpha value is -2.93. The highest BCUT2D eigenvalue weighted by Crippen LogP contribution is 2.18. The van der Waals surface area contributed by atoms with Gasteiger partial charge in [-0.3, -0.25) is 14.6 Å². The molecule has 0 aliphatic carbocycles. The van der Waals surface area contributed by atoms with E-state index < -0.39 is 0 Å². The van der Waals surface area contributed by atoms with Crippen molar-refractivity contribution in [2.75, 3.05) is 41.8 Å². The van der Waals surface area contributed by atoms with Gasteiger partial charge in [-0.25, -0.2) is 0 Å². The van der Waals surface area contributed by atoms with Gasteiger partial charge in [-0.2, -0.15) is 0 Å². The number of carbonyl (C=O) groups is 2. The van der Waals surface area contributed by atoms with Crippen LogP contribution in [-0.4, -0.2) is 43.1 Å². The first kappa shape index (κ1) is 16.9. The number of rotatable bonds is 4. The lowest BCUT2D eigenvalue weighted by atomic mass is 10.2. The van der Waals surface area contributed by atoms with Gasteiger partial charge < -0.3 is 20.3 Å². The number of carbonyl (C=O) groups excluding carboxylic acids is 2. The summed E-state index contributed by atoms with van der Waals surface area (Å²) in [5.74, 6) is -0.363. The van der Waals surface area contributed by atoms with Crippen molar-refractivity contribution < 1.29 is 14.3 Å². The van der Waals surface area contributed by atoms with E-state index in [2.05, 4.69) is 20.5 Å². The van der Waals surface area contributed by atoms with Gasteiger partial charge in [0.2, 0.25) is 5.91 Å². The number of nitrogens with one attached hydrogen (secondary N) is 2. The van der Waals surface area contributed by atoms with Crippen LogP contribution in [-0.2, 0) is 9.53 Å². The van der Waals surface area contributed by atoms with Crippen molar-refractivity contribution in [3.63, 3.8) is 0 Å². The van der Waals surface area contributed by atoms with Crippen LogP contribution in [0, 0.1) is 0 Å². The van der Waals surface area contributed by atoms with E-state index in [1.54, 1.807) is 36.7 Å². The molecule has 1 aromatic carbocycles. The monoisotopic (exact) mass is 340 g/mol. The average Bonchev–Trinajstić information content (AvgIpc) is 2.64. The Morgan fingerprint density at radius 2 is 1.68 bits per heavy atom. The van der Waals surface area contributed by atoms with Crippen LogP contribution < -0.4 is 15.5 Å². The molecule has 0 saturated carbocycles. The summed E-state index contributed by atoms with van der Waals surface area (Å²) in [5.41, 5.74) is 2.74. The van der Waals surface area contributed by atoms with Crippen LogP contribution in [0.1, 0.15) is 17.3 Å². The van der Waals surface area contributed by atoms with Gasteiger partial charge in [0.15, 0.2) is 0 Å². The predicted molar refractivity (Wildman–Crippen MR) is 96.0 cm³/mol. The summed E-state index contributed by atoms with van der Waals surface area (Å²) in [6.45, 7) is 4.38. The van der Waals surface area contributed by atoms with Crippen molar-refractivity contribution in [2.24, 2.45) is 0 Å². The zero-order chi connectivity index (χ0) is 17.6. The zero-order valence-corrected chi connectivity index (χ0v) is 14.0. The molecule has 0 bridgehead atoms. The second-order valence-corrected chi connectivity index (χ2v) is 5.74. The minimum atomic E-state index is -0.227. The Balaban J connectivity index is 1.67. The molecule has 1 aliphatic heterocycles. The second kappa shape index (κ2) is 7.76. The van der Waals surface area contributed by atoms with Gasteiger partial charge in [0.05, 0.1) is 30.7 Å². The Morgan fingerprint density at radius 3 is 2.32 bits per heavy atom. The minimum absolute atomic E-state index is 0.136. The first-order valence-electron chi connectivity index (χ1n) is 8.08. The molecule has 130 valence electrons. The molecule has 1 aliphatic rings. The molecule has 7 heteroatoms. The molecule has 25 heavy (non-hydrogen) atoms. The highest BCUT2D eigenvalue weighted by molar-refractivity contribution is 6.04. The van der Waals surface area contributed by atoms with Gasteiger partial charge in [0.25, 0.3) is 5.91 Å². The first-order chi connectivity index (χ1) is 12.1. The maximum absolute atomic E-state index is 12.4. The molecule has 0 radical (unpaired) electrons. The highest BCUT2D eigenvalue weighted by Gasteiger charge is 2.14. The third-order valence-electron chi connectivity index (χ3n) is 3.83. The SMILES string of the molecule is CC(=O)Nc1ccc(NC(=O)c2cncc(N3CCOCC3)c2)cc1. The summed E-state index contributed by atoms with van der Waals surface area (Å²) in [5, 5.41) is 5.52. The van der Waals surface area contributed by atoms with Gasteiger partial charge >= 0.3 is 0 Å². The molecule has 2 N–H and O–H groups in total. The molecule has 3 rings (SSSR count). The molecule has 1 aromatic heterocycles. The lowest BCUT2D eigenvalue weighted by Gasteiger charge is -2.28. The molecule has 2 amide bonds. The summed E-state index contributed by atoms with van der Waals surface area (Å²) < 4.78 is 5.34. The molecule has 0 unspecified atom stereocenters. The third-order valence-corrected chi connectivity index (χ3v) is 3.83. The number of benzene rings is 1. The van der Waals surface area contributed by atoms with Crippen LogP contribution in [0.25, 0.3) is 0 Å². The molecule has 0 spiro atoms. The van der Waals surface area contributed by atoms with Crippen LogP contribution >= 0.6 is 0 Å². The van der Waals surface area contributed by atoms with Gasteiger partial charge in [-0.1, -0.05) is 0 Å². The van der Waals surface area contributed by atoms with E-state index >= 15 is 0 Å². The minimum Gasteiger partial charge on any atom is -0.378 e. The molecule has 0 atom stereocenters. The number of amides is 2. The van der Waals surface area contributed by atoms with E-state index in [-0.39, 0.29) is 11.8 Å². The predicted octanol–water partition coefficient (Wildman–Crippen LogP) is 2.13. The lowest BCUT2D eigenvalue weighted by Crippen LogP contribution is -2.36. The third kappa shape index (κ3) is 4.54. The van der Waals surface area contributed by atoms with E-state index in [1.165, 1.54) is 6.92 Å². The number of anilines is 3. The van der Waals surface area contributed by atoms with Crippen LogP contribution in [0.5, 0.6) is 0 Å². The number of hydrogen-bond acceptors (Lipinski definition) is 5. The number of morpholine rings is 1. The van der Waals surface area contributed by atoms with E-state index in [1.807, 2.05) is 6.07 Å². The van der Waals surface area contributed by atoms with Gasteiger partial charge in [0.1, 0.15) is 0 Å². The number of pyridine rings is 1. The quantitative estimate of drug-likeness (QED) is 0.891. The van der Waals surface area contributed by atoms with Crippen molar-refractivity contribution >= 4 is 28.9 Å². The summed E-state index contributed by atoms with van der Waals surface area (Å²) in [7, 11) is 0. The van der Waals surface area contributed by atoms with E-state index in [4.69, 9.17) is 4.74 Å². The normalized spacial score (nSPS) is 14.0.